The van der Waals surface area contributed by atoms with E-state index in [1.165, 1.54) is 29.5 Å². The summed E-state index contributed by atoms with van der Waals surface area (Å²) in [5.41, 5.74) is 9.90. The van der Waals surface area contributed by atoms with E-state index in [0.717, 1.165) is 13.0 Å². The van der Waals surface area contributed by atoms with Crippen LogP contribution in [-0.2, 0) is 13.0 Å². The van der Waals surface area contributed by atoms with Crippen LogP contribution in [0.3, 0.4) is 0 Å². The van der Waals surface area contributed by atoms with Crippen molar-refractivity contribution in [3.63, 3.8) is 0 Å². The third kappa shape index (κ3) is 2.21. The van der Waals surface area contributed by atoms with Crippen molar-refractivity contribution in [1.82, 2.24) is 5.32 Å². The van der Waals surface area contributed by atoms with Gasteiger partial charge in [-0.2, -0.15) is 0 Å². The van der Waals surface area contributed by atoms with E-state index in [-0.39, 0.29) is 0 Å². The molecule has 1 heterocycles. The number of benzene rings is 1. The Morgan fingerprint density at radius 1 is 1.47 bits per heavy atom. The minimum atomic E-state index is 0.561. The predicted molar refractivity (Wildman–Crippen MR) is 63.7 cm³/mol. The molecule has 2 nitrogen and oxygen atoms in total. The number of nitrogens with two attached hydrogens (primary N) is 1. The number of nitrogens with one attached hydrogen (secondary N) is 1. The SMILES string of the molecule is CCCC1NCCc2cc(CN)ccc21. The Balaban J connectivity index is 2.28. The summed E-state index contributed by atoms with van der Waals surface area (Å²) < 4.78 is 0. The van der Waals surface area contributed by atoms with Gasteiger partial charge in [0.1, 0.15) is 0 Å². The van der Waals surface area contributed by atoms with Gasteiger partial charge in [-0.3, -0.25) is 0 Å². The van der Waals surface area contributed by atoms with Gasteiger partial charge in [0.15, 0.2) is 0 Å². The van der Waals surface area contributed by atoms with Crippen molar-refractivity contribution in [3.05, 3.63) is 34.9 Å². The quantitative estimate of drug-likeness (QED) is 0.791. The second kappa shape index (κ2) is 4.77. The summed E-state index contributed by atoms with van der Waals surface area (Å²) in [5, 5.41) is 3.58. The molecule has 2 heteroatoms. The number of hydrogen-bond acceptors (Lipinski definition) is 2. The van der Waals surface area contributed by atoms with Gasteiger partial charge in [0, 0.05) is 12.6 Å². The smallest absolute Gasteiger partial charge is 0.0323 e. The molecule has 0 bridgehead atoms. The second-order valence-electron chi connectivity index (χ2n) is 4.28. The topological polar surface area (TPSA) is 38.0 Å². The molecule has 2 rings (SSSR count). The van der Waals surface area contributed by atoms with Gasteiger partial charge in [-0.25, -0.2) is 0 Å². The van der Waals surface area contributed by atoms with Crippen LogP contribution in [0.5, 0.6) is 0 Å². The summed E-state index contributed by atoms with van der Waals surface area (Å²) in [6.07, 6.45) is 3.61. The maximum atomic E-state index is 5.66. The van der Waals surface area contributed by atoms with Crippen LogP contribution in [0.15, 0.2) is 18.2 Å². The van der Waals surface area contributed by atoms with Crippen molar-refractivity contribution in [2.45, 2.75) is 38.8 Å². The predicted octanol–water partition coefficient (Wildman–Crippen LogP) is 2.13. The van der Waals surface area contributed by atoms with Crippen LogP contribution in [0.1, 0.15) is 42.5 Å². The summed E-state index contributed by atoms with van der Waals surface area (Å²) >= 11 is 0. The zero-order chi connectivity index (χ0) is 10.7. The molecule has 1 atom stereocenters. The molecule has 1 unspecified atom stereocenters. The van der Waals surface area contributed by atoms with E-state index < -0.39 is 0 Å². The van der Waals surface area contributed by atoms with E-state index in [1.54, 1.807) is 0 Å². The van der Waals surface area contributed by atoms with E-state index in [4.69, 9.17) is 5.73 Å². The molecule has 0 radical (unpaired) electrons. The zero-order valence-electron chi connectivity index (χ0n) is 9.42. The molecule has 82 valence electrons. The van der Waals surface area contributed by atoms with Crippen LogP contribution >= 0.6 is 0 Å². The summed E-state index contributed by atoms with van der Waals surface area (Å²) in [6.45, 7) is 4.00. The molecular weight excluding hydrogens is 184 g/mol. The maximum absolute atomic E-state index is 5.66. The van der Waals surface area contributed by atoms with Crippen LogP contribution in [-0.4, -0.2) is 6.54 Å². The van der Waals surface area contributed by atoms with Crippen molar-refractivity contribution in [2.24, 2.45) is 5.73 Å². The van der Waals surface area contributed by atoms with Crippen LogP contribution in [0.4, 0.5) is 0 Å². The van der Waals surface area contributed by atoms with Crippen LogP contribution in [0.2, 0.25) is 0 Å². The van der Waals surface area contributed by atoms with E-state index >= 15 is 0 Å². The average Bonchev–Trinajstić information content (AvgIpc) is 2.29. The van der Waals surface area contributed by atoms with Gasteiger partial charge in [-0.15, -0.1) is 0 Å². The highest BCUT2D eigenvalue weighted by Crippen LogP contribution is 2.26. The first kappa shape index (κ1) is 10.7. The molecule has 0 aromatic heterocycles. The molecule has 1 aromatic carbocycles. The summed E-state index contributed by atoms with van der Waals surface area (Å²) in [7, 11) is 0. The molecular formula is C13H20N2. The highest BCUT2D eigenvalue weighted by atomic mass is 14.9. The molecule has 0 fully saturated rings. The summed E-state index contributed by atoms with van der Waals surface area (Å²) in [4.78, 5) is 0. The lowest BCUT2D eigenvalue weighted by molar-refractivity contribution is 0.470. The van der Waals surface area contributed by atoms with Gasteiger partial charge in [0.25, 0.3) is 0 Å². The molecule has 0 saturated carbocycles. The lowest BCUT2D eigenvalue weighted by Crippen LogP contribution is -2.29. The number of rotatable bonds is 3. The fourth-order valence-corrected chi connectivity index (χ4v) is 2.38. The van der Waals surface area contributed by atoms with Crippen molar-refractivity contribution < 1.29 is 0 Å². The average molecular weight is 204 g/mol. The lowest BCUT2D eigenvalue weighted by Gasteiger charge is -2.27. The Labute approximate surface area is 91.9 Å². The summed E-state index contributed by atoms with van der Waals surface area (Å²) in [5.74, 6) is 0. The van der Waals surface area contributed by atoms with Crippen LogP contribution in [0.25, 0.3) is 0 Å². The first-order valence-corrected chi connectivity index (χ1v) is 5.90. The number of hydrogen-bond donors (Lipinski definition) is 2. The minimum absolute atomic E-state index is 0.561. The van der Waals surface area contributed by atoms with Gasteiger partial charge in [-0.1, -0.05) is 31.5 Å². The van der Waals surface area contributed by atoms with Crippen LogP contribution < -0.4 is 11.1 Å². The van der Waals surface area contributed by atoms with Gasteiger partial charge in [-0.05, 0) is 36.1 Å². The first-order valence-electron chi connectivity index (χ1n) is 5.90. The molecule has 1 aliphatic rings. The largest absolute Gasteiger partial charge is 0.326 e. The van der Waals surface area contributed by atoms with Crippen molar-refractivity contribution >= 4 is 0 Å². The maximum Gasteiger partial charge on any atom is 0.0323 e. The molecule has 3 N–H and O–H groups in total. The summed E-state index contributed by atoms with van der Waals surface area (Å²) in [6, 6.07) is 7.25. The fourth-order valence-electron chi connectivity index (χ4n) is 2.38. The number of fused-ring (bicyclic) bond motifs is 1. The van der Waals surface area contributed by atoms with Gasteiger partial charge in [0.05, 0.1) is 0 Å². The van der Waals surface area contributed by atoms with E-state index in [0.29, 0.717) is 12.6 Å². The Hall–Kier alpha value is -0.860. The molecule has 1 aromatic rings. The third-order valence-electron chi connectivity index (χ3n) is 3.18. The van der Waals surface area contributed by atoms with Gasteiger partial charge >= 0.3 is 0 Å². The Kier molecular flexibility index (Phi) is 3.39. The highest BCUT2D eigenvalue weighted by molar-refractivity contribution is 5.36. The van der Waals surface area contributed by atoms with Crippen LogP contribution in [0, 0.1) is 0 Å². The van der Waals surface area contributed by atoms with E-state index in [9.17, 15) is 0 Å². The Morgan fingerprint density at radius 2 is 2.33 bits per heavy atom. The molecule has 0 amide bonds. The van der Waals surface area contributed by atoms with Crippen molar-refractivity contribution in [3.8, 4) is 0 Å². The molecule has 0 saturated heterocycles. The van der Waals surface area contributed by atoms with Gasteiger partial charge in [0.2, 0.25) is 0 Å². The first-order chi connectivity index (χ1) is 7.35. The minimum Gasteiger partial charge on any atom is -0.326 e. The van der Waals surface area contributed by atoms with Gasteiger partial charge < -0.3 is 11.1 Å². The van der Waals surface area contributed by atoms with E-state index in [2.05, 4.69) is 30.4 Å². The second-order valence-corrected chi connectivity index (χ2v) is 4.28. The molecule has 15 heavy (non-hydrogen) atoms. The normalized spacial score (nSPS) is 20.0. The van der Waals surface area contributed by atoms with Crippen molar-refractivity contribution in [2.75, 3.05) is 6.54 Å². The molecule has 1 aliphatic heterocycles. The van der Waals surface area contributed by atoms with Crippen molar-refractivity contribution in [1.29, 1.82) is 0 Å². The lowest BCUT2D eigenvalue weighted by atomic mass is 9.90. The van der Waals surface area contributed by atoms with E-state index in [1.807, 2.05) is 0 Å². The third-order valence-corrected chi connectivity index (χ3v) is 3.18. The highest BCUT2D eigenvalue weighted by Gasteiger charge is 2.18. The zero-order valence-corrected chi connectivity index (χ0v) is 9.42. The molecule has 0 aliphatic carbocycles. The molecule has 0 spiro atoms. The Bertz CT molecular complexity index is 333. The fraction of sp³-hybridized carbons (Fsp3) is 0.538. The standard InChI is InChI=1S/C13H20N2/c1-2-3-13-12-5-4-10(9-14)8-11(12)6-7-15-13/h4-5,8,13,15H,2-3,6-7,9,14H2,1H3. The Morgan fingerprint density at radius 3 is 3.07 bits per heavy atom. The monoisotopic (exact) mass is 204 g/mol.